The maximum absolute atomic E-state index is 11.3. The van der Waals surface area contributed by atoms with Crippen molar-refractivity contribution in [1.82, 2.24) is 0 Å². The second kappa shape index (κ2) is 5.63. The minimum atomic E-state index is -0.715. The molecule has 0 spiro atoms. The summed E-state index contributed by atoms with van der Waals surface area (Å²) in [7, 11) is 0. The van der Waals surface area contributed by atoms with Gasteiger partial charge in [-0.3, -0.25) is 9.59 Å². The van der Waals surface area contributed by atoms with E-state index in [0.717, 1.165) is 24.9 Å². The molecule has 3 rings (SSSR count). The molecule has 1 aromatic rings. The van der Waals surface area contributed by atoms with Gasteiger partial charge in [0.1, 0.15) is 5.75 Å². The molecule has 6 nitrogen and oxygen atoms in total. The van der Waals surface area contributed by atoms with E-state index in [9.17, 15) is 9.59 Å². The lowest BCUT2D eigenvalue weighted by Crippen LogP contribution is -2.31. The Kier molecular flexibility index (Phi) is 3.68. The highest BCUT2D eigenvalue weighted by atomic mass is 16.5. The second-order valence-electron chi connectivity index (χ2n) is 5.59. The number of aliphatic carboxylic acids is 1. The second-order valence-corrected chi connectivity index (χ2v) is 5.59. The van der Waals surface area contributed by atoms with Crippen LogP contribution in [-0.2, 0) is 9.59 Å². The fraction of sp³-hybridized carbons (Fsp3) is 0.467. The molecule has 0 radical (unpaired) electrons. The monoisotopic (exact) mass is 290 g/mol. The number of carbonyl (C=O) groups is 2. The van der Waals surface area contributed by atoms with Crippen molar-refractivity contribution in [2.75, 3.05) is 17.2 Å². The van der Waals surface area contributed by atoms with Crippen LogP contribution < -0.4 is 15.4 Å². The summed E-state index contributed by atoms with van der Waals surface area (Å²) < 4.78 is 5.31. The summed E-state index contributed by atoms with van der Waals surface area (Å²) >= 11 is 0. The fourth-order valence-electron chi connectivity index (χ4n) is 2.95. The van der Waals surface area contributed by atoms with Gasteiger partial charge in [0.15, 0.2) is 6.61 Å². The Hall–Kier alpha value is -2.24. The SMILES string of the molecule is O=C1COc2ccc(NC3CCCC(C(=O)O)C3)cc2N1. The van der Waals surface area contributed by atoms with Crippen LogP contribution in [0.4, 0.5) is 11.4 Å². The fourth-order valence-corrected chi connectivity index (χ4v) is 2.95. The van der Waals surface area contributed by atoms with Gasteiger partial charge in [0.05, 0.1) is 11.6 Å². The highest BCUT2D eigenvalue weighted by Gasteiger charge is 2.27. The molecule has 2 atom stereocenters. The van der Waals surface area contributed by atoms with Crippen molar-refractivity contribution >= 4 is 23.3 Å². The van der Waals surface area contributed by atoms with Gasteiger partial charge in [-0.15, -0.1) is 0 Å². The molecule has 1 aromatic carbocycles. The van der Waals surface area contributed by atoms with Gasteiger partial charge in [-0.1, -0.05) is 6.42 Å². The number of carbonyl (C=O) groups excluding carboxylic acids is 1. The van der Waals surface area contributed by atoms with Crippen molar-refractivity contribution in [2.24, 2.45) is 5.92 Å². The topological polar surface area (TPSA) is 87.7 Å². The number of ether oxygens (including phenoxy) is 1. The number of hydrogen-bond donors (Lipinski definition) is 3. The van der Waals surface area contributed by atoms with Gasteiger partial charge in [-0.2, -0.15) is 0 Å². The van der Waals surface area contributed by atoms with Crippen LogP contribution in [0.25, 0.3) is 0 Å². The third-order valence-electron chi connectivity index (χ3n) is 4.01. The minimum Gasteiger partial charge on any atom is -0.482 e. The zero-order chi connectivity index (χ0) is 14.8. The van der Waals surface area contributed by atoms with Gasteiger partial charge in [0, 0.05) is 11.7 Å². The Morgan fingerprint density at radius 3 is 3.05 bits per heavy atom. The Morgan fingerprint density at radius 1 is 1.38 bits per heavy atom. The normalized spacial score (nSPS) is 24.5. The first kappa shape index (κ1) is 13.7. The lowest BCUT2D eigenvalue weighted by atomic mass is 9.85. The van der Waals surface area contributed by atoms with E-state index in [0.29, 0.717) is 17.9 Å². The highest BCUT2D eigenvalue weighted by molar-refractivity contribution is 5.96. The maximum Gasteiger partial charge on any atom is 0.306 e. The van der Waals surface area contributed by atoms with Gasteiger partial charge in [-0.25, -0.2) is 0 Å². The van der Waals surface area contributed by atoms with Crippen LogP contribution >= 0.6 is 0 Å². The number of amides is 1. The predicted octanol–water partition coefficient (Wildman–Crippen LogP) is 2.07. The van der Waals surface area contributed by atoms with Crippen LogP contribution in [0, 0.1) is 5.92 Å². The van der Waals surface area contributed by atoms with Gasteiger partial charge < -0.3 is 20.5 Å². The van der Waals surface area contributed by atoms with Gasteiger partial charge in [0.2, 0.25) is 0 Å². The number of carboxylic acid groups (broad SMARTS) is 1. The molecule has 0 aromatic heterocycles. The van der Waals surface area contributed by atoms with Crippen LogP contribution in [0.15, 0.2) is 18.2 Å². The molecule has 1 heterocycles. The molecular weight excluding hydrogens is 272 g/mol. The van der Waals surface area contributed by atoms with E-state index < -0.39 is 5.97 Å². The summed E-state index contributed by atoms with van der Waals surface area (Å²) in [5.74, 6) is -0.486. The Bertz CT molecular complexity index is 573. The lowest BCUT2D eigenvalue weighted by Gasteiger charge is -2.28. The van der Waals surface area contributed by atoms with E-state index in [1.807, 2.05) is 18.2 Å². The van der Waals surface area contributed by atoms with Crippen LogP contribution in [0.2, 0.25) is 0 Å². The average molecular weight is 290 g/mol. The molecule has 21 heavy (non-hydrogen) atoms. The molecule has 1 fully saturated rings. The smallest absolute Gasteiger partial charge is 0.306 e. The molecule has 0 bridgehead atoms. The molecule has 6 heteroatoms. The molecule has 1 saturated carbocycles. The quantitative estimate of drug-likeness (QED) is 0.793. The predicted molar refractivity (Wildman–Crippen MR) is 77.6 cm³/mol. The molecule has 1 amide bonds. The standard InChI is InChI=1S/C15H18N2O4/c18-14-8-21-13-5-4-11(7-12(13)17-14)16-10-3-1-2-9(6-10)15(19)20/h4-5,7,9-10,16H,1-3,6,8H2,(H,17,18)(H,19,20). The van der Waals surface area contributed by atoms with Crippen molar-refractivity contribution in [3.05, 3.63) is 18.2 Å². The highest BCUT2D eigenvalue weighted by Crippen LogP contribution is 2.32. The van der Waals surface area contributed by atoms with Crippen molar-refractivity contribution < 1.29 is 19.4 Å². The number of carboxylic acids is 1. The third kappa shape index (κ3) is 3.09. The first-order valence-corrected chi connectivity index (χ1v) is 7.18. The average Bonchev–Trinajstić information content (AvgIpc) is 2.47. The molecular formula is C15H18N2O4. The van der Waals surface area contributed by atoms with Crippen LogP contribution in [0.3, 0.4) is 0 Å². The first-order chi connectivity index (χ1) is 10.1. The first-order valence-electron chi connectivity index (χ1n) is 7.18. The number of fused-ring (bicyclic) bond motifs is 1. The summed E-state index contributed by atoms with van der Waals surface area (Å²) in [5.41, 5.74) is 1.53. The van der Waals surface area contributed by atoms with Gasteiger partial charge in [0.25, 0.3) is 5.91 Å². The summed E-state index contributed by atoms with van der Waals surface area (Å²) in [5, 5.41) is 15.2. The summed E-state index contributed by atoms with van der Waals surface area (Å²) in [4.78, 5) is 22.4. The van der Waals surface area contributed by atoms with E-state index in [1.54, 1.807) is 0 Å². The van der Waals surface area contributed by atoms with E-state index in [1.165, 1.54) is 0 Å². The largest absolute Gasteiger partial charge is 0.482 e. The van der Waals surface area contributed by atoms with E-state index in [4.69, 9.17) is 9.84 Å². The number of nitrogens with one attached hydrogen (secondary N) is 2. The summed E-state index contributed by atoms with van der Waals surface area (Å²) in [6.07, 6.45) is 3.26. The number of rotatable bonds is 3. The minimum absolute atomic E-state index is 0.0443. The van der Waals surface area contributed by atoms with Crippen molar-refractivity contribution in [2.45, 2.75) is 31.7 Å². The molecule has 0 saturated heterocycles. The van der Waals surface area contributed by atoms with Gasteiger partial charge in [-0.05, 0) is 37.5 Å². The molecule has 2 aliphatic rings. The van der Waals surface area contributed by atoms with Crippen molar-refractivity contribution in [3.8, 4) is 5.75 Å². The third-order valence-corrected chi connectivity index (χ3v) is 4.01. The van der Waals surface area contributed by atoms with Gasteiger partial charge >= 0.3 is 5.97 Å². The Morgan fingerprint density at radius 2 is 2.24 bits per heavy atom. The Balaban J connectivity index is 1.69. The number of benzene rings is 1. The lowest BCUT2D eigenvalue weighted by molar-refractivity contribution is -0.142. The van der Waals surface area contributed by atoms with Crippen molar-refractivity contribution in [1.29, 1.82) is 0 Å². The zero-order valence-corrected chi connectivity index (χ0v) is 11.6. The maximum atomic E-state index is 11.3. The summed E-state index contributed by atoms with van der Waals surface area (Å²) in [6, 6.07) is 5.68. The van der Waals surface area contributed by atoms with E-state index >= 15 is 0 Å². The van der Waals surface area contributed by atoms with Crippen LogP contribution in [0.1, 0.15) is 25.7 Å². The number of anilines is 2. The molecule has 2 unspecified atom stereocenters. The molecule has 3 N–H and O–H groups in total. The van der Waals surface area contributed by atoms with E-state index in [2.05, 4.69) is 10.6 Å². The van der Waals surface area contributed by atoms with Crippen LogP contribution in [0.5, 0.6) is 5.75 Å². The van der Waals surface area contributed by atoms with E-state index in [-0.39, 0.29) is 24.5 Å². The summed E-state index contributed by atoms with van der Waals surface area (Å²) in [6.45, 7) is 0.0443. The number of hydrogen-bond acceptors (Lipinski definition) is 4. The van der Waals surface area contributed by atoms with Crippen LogP contribution in [-0.4, -0.2) is 29.6 Å². The van der Waals surface area contributed by atoms with Crippen molar-refractivity contribution in [3.63, 3.8) is 0 Å². The molecule has 1 aliphatic heterocycles. The zero-order valence-electron chi connectivity index (χ0n) is 11.6. The molecule has 1 aliphatic carbocycles. The Labute approximate surface area is 122 Å². The molecule has 112 valence electrons.